The molecule has 8 nitrogen and oxygen atoms in total. The highest BCUT2D eigenvalue weighted by Gasteiger charge is 2.22. The van der Waals surface area contributed by atoms with Crippen LogP contribution in [0.5, 0.6) is 0 Å². The zero-order valence-electron chi connectivity index (χ0n) is 12.6. The normalized spacial score (nSPS) is 11.4. The van der Waals surface area contributed by atoms with Crippen molar-refractivity contribution in [2.75, 3.05) is 0 Å². The second-order valence-corrected chi connectivity index (χ2v) is 5.01. The van der Waals surface area contributed by atoms with E-state index < -0.39 is 22.6 Å². The molecule has 0 saturated heterocycles. The Morgan fingerprint density at radius 2 is 1.88 bits per heavy atom. The fourth-order valence-corrected chi connectivity index (χ4v) is 2.25. The molecule has 3 rings (SSSR count). The smallest absolute Gasteiger partial charge is 0.433 e. The number of carbonyl (C=O) groups excluding carboxylic acids is 1. The highest BCUT2D eigenvalue weighted by Crippen LogP contribution is 2.24. The van der Waals surface area contributed by atoms with E-state index in [2.05, 4.69) is 4.98 Å². The fraction of sp³-hybridized carbons (Fsp3) is 0. The average molecular weight is 338 g/mol. The molecule has 0 unspecified atom stereocenters. The minimum atomic E-state index is -1.66. The van der Waals surface area contributed by atoms with E-state index in [0.29, 0.717) is 5.52 Å². The molecule has 0 spiro atoms. The number of furan rings is 1. The van der Waals surface area contributed by atoms with E-state index in [1.807, 2.05) is 12.1 Å². The first kappa shape index (κ1) is 16.1. The van der Waals surface area contributed by atoms with E-state index in [0.717, 1.165) is 17.5 Å². The summed E-state index contributed by atoms with van der Waals surface area (Å²) in [6.07, 6.45) is 1.13. The topological polar surface area (TPSA) is 124 Å². The van der Waals surface area contributed by atoms with Gasteiger partial charge in [0.05, 0.1) is 22.9 Å². The summed E-state index contributed by atoms with van der Waals surface area (Å²) >= 11 is 0. The van der Waals surface area contributed by atoms with Crippen molar-refractivity contribution in [3.63, 3.8) is 0 Å². The van der Waals surface area contributed by atoms with Gasteiger partial charge in [-0.3, -0.25) is 14.9 Å². The number of aromatic nitrogens is 1. The molecule has 8 heteroatoms. The van der Waals surface area contributed by atoms with Crippen LogP contribution in [0.15, 0.2) is 52.9 Å². The minimum Gasteiger partial charge on any atom is -0.475 e. The summed E-state index contributed by atoms with van der Waals surface area (Å²) in [5, 5.41) is 20.5. The molecule has 0 atom stereocenters. The van der Waals surface area contributed by atoms with Crippen molar-refractivity contribution in [1.82, 2.24) is 4.98 Å². The van der Waals surface area contributed by atoms with Crippen LogP contribution < -0.4 is 0 Å². The van der Waals surface area contributed by atoms with Gasteiger partial charge in [0.1, 0.15) is 10.7 Å². The number of aliphatic carboxylic acids is 1. The lowest BCUT2D eigenvalue weighted by atomic mass is 10.0. The lowest BCUT2D eigenvalue weighted by Crippen LogP contribution is -2.15. The zero-order chi connectivity index (χ0) is 18.0. The SMILES string of the molecule is O=C(O)C(=O)/C(=C/c1ccc([N+](=O)[O-])o1)c1ccc2ccccc2n1. The van der Waals surface area contributed by atoms with E-state index in [-0.39, 0.29) is 17.0 Å². The second kappa shape index (κ2) is 6.36. The Kier molecular flexibility index (Phi) is 4.09. The van der Waals surface area contributed by atoms with Crippen LogP contribution in [0.25, 0.3) is 22.6 Å². The van der Waals surface area contributed by atoms with Crippen LogP contribution in [-0.4, -0.2) is 26.8 Å². The van der Waals surface area contributed by atoms with Crippen LogP contribution >= 0.6 is 0 Å². The van der Waals surface area contributed by atoms with E-state index >= 15 is 0 Å². The average Bonchev–Trinajstić information content (AvgIpc) is 3.07. The zero-order valence-corrected chi connectivity index (χ0v) is 12.6. The van der Waals surface area contributed by atoms with Crippen molar-refractivity contribution in [3.05, 3.63) is 70.1 Å². The highest BCUT2D eigenvalue weighted by molar-refractivity contribution is 6.52. The predicted octanol–water partition coefficient (Wildman–Crippen LogP) is 2.93. The van der Waals surface area contributed by atoms with Gasteiger partial charge in [-0.25, -0.2) is 9.78 Å². The Morgan fingerprint density at radius 3 is 2.56 bits per heavy atom. The predicted molar refractivity (Wildman–Crippen MR) is 87.6 cm³/mol. The molecule has 0 bridgehead atoms. The standard InChI is InChI=1S/C17H10N2O6/c20-16(17(21)22)12(9-11-6-8-15(25-11)19(23)24)14-7-5-10-3-1-2-4-13(10)18-14/h1-9H,(H,21,22)/b12-9+. The molecule has 0 amide bonds. The molecule has 124 valence electrons. The van der Waals surface area contributed by atoms with Gasteiger partial charge >= 0.3 is 11.9 Å². The van der Waals surface area contributed by atoms with Gasteiger partial charge in [-0.05, 0) is 24.3 Å². The first-order valence-corrected chi connectivity index (χ1v) is 7.05. The Labute approximate surface area is 140 Å². The van der Waals surface area contributed by atoms with Crippen molar-refractivity contribution in [1.29, 1.82) is 0 Å². The number of fused-ring (bicyclic) bond motifs is 1. The second-order valence-electron chi connectivity index (χ2n) is 5.01. The Hall–Kier alpha value is -3.81. The number of pyridine rings is 1. The highest BCUT2D eigenvalue weighted by atomic mass is 16.6. The molecule has 0 saturated carbocycles. The summed E-state index contributed by atoms with van der Waals surface area (Å²) in [5.41, 5.74) is 0.474. The van der Waals surface area contributed by atoms with Gasteiger partial charge in [0.25, 0.3) is 5.78 Å². The molecule has 0 aliphatic rings. The number of carboxylic acids is 1. The van der Waals surface area contributed by atoms with Gasteiger partial charge in [-0.1, -0.05) is 24.3 Å². The van der Waals surface area contributed by atoms with E-state index in [4.69, 9.17) is 9.52 Å². The maximum absolute atomic E-state index is 12.0. The molecular formula is C17H10N2O6. The third-order valence-corrected chi connectivity index (χ3v) is 3.39. The van der Waals surface area contributed by atoms with Gasteiger partial charge in [0, 0.05) is 5.39 Å². The Balaban J connectivity index is 2.12. The van der Waals surface area contributed by atoms with Crippen molar-refractivity contribution in [2.24, 2.45) is 0 Å². The molecule has 0 aliphatic heterocycles. The summed E-state index contributed by atoms with van der Waals surface area (Å²) in [5.74, 6) is -3.39. The van der Waals surface area contributed by atoms with Gasteiger partial charge in [-0.15, -0.1) is 0 Å². The van der Waals surface area contributed by atoms with E-state index in [1.54, 1.807) is 18.2 Å². The number of carboxylic acid groups (broad SMARTS) is 1. The van der Waals surface area contributed by atoms with Crippen LogP contribution in [0.3, 0.4) is 0 Å². The maximum atomic E-state index is 12.0. The Morgan fingerprint density at radius 1 is 1.12 bits per heavy atom. The maximum Gasteiger partial charge on any atom is 0.433 e. The molecule has 1 N–H and O–H groups in total. The molecule has 0 fully saturated rings. The minimum absolute atomic E-state index is 0.0220. The molecule has 2 aromatic heterocycles. The van der Waals surface area contributed by atoms with Gasteiger partial charge in [-0.2, -0.15) is 0 Å². The van der Waals surface area contributed by atoms with Crippen LogP contribution in [-0.2, 0) is 9.59 Å². The third kappa shape index (κ3) is 3.27. The Bertz CT molecular complexity index is 1030. The molecule has 2 heterocycles. The largest absolute Gasteiger partial charge is 0.475 e. The lowest BCUT2D eigenvalue weighted by molar-refractivity contribution is -0.402. The number of para-hydroxylation sites is 1. The summed E-state index contributed by atoms with van der Waals surface area (Å²) in [6, 6.07) is 12.7. The van der Waals surface area contributed by atoms with Crippen LogP contribution in [0.2, 0.25) is 0 Å². The number of rotatable bonds is 5. The van der Waals surface area contributed by atoms with Crippen LogP contribution in [0, 0.1) is 10.1 Å². The number of hydrogen-bond donors (Lipinski definition) is 1. The van der Waals surface area contributed by atoms with Gasteiger partial charge in [0.2, 0.25) is 0 Å². The molecule has 1 aromatic carbocycles. The number of carbonyl (C=O) groups is 2. The van der Waals surface area contributed by atoms with Crippen molar-refractivity contribution < 1.29 is 24.0 Å². The molecule has 0 aliphatic carbocycles. The van der Waals surface area contributed by atoms with Crippen molar-refractivity contribution in [3.8, 4) is 0 Å². The van der Waals surface area contributed by atoms with Crippen molar-refractivity contribution >= 4 is 40.2 Å². The number of nitrogens with zero attached hydrogens (tertiary/aromatic N) is 2. The summed E-state index contributed by atoms with van der Waals surface area (Å²) in [6.45, 7) is 0. The molecule has 25 heavy (non-hydrogen) atoms. The van der Waals surface area contributed by atoms with Crippen LogP contribution in [0.1, 0.15) is 11.5 Å². The first-order valence-electron chi connectivity index (χ1n) is 7.05. The number of benzene rings is 1. The van der Waals surface area contributed by atoms with Crippen LogP contribution in [0.4, 0.5) is 5.88 Å². The van der Waals surface area contributed by atoms with Gasteiger partial charge in [0.15, 0.2) is 0 Å². The third-order valence-electron chi connectivity index (χ3n) is 3.39. The quantitative estimate of drug-likeness (QED) is 0.328. The lowest BCUT2D eigenvalue weighted by Gasteiger charge is -2.05. The number of nitro groups is 1. The number of Topliss-reactive ketones (excluding diaryl/α,β-unsaturated/α-hetero) is 1. The fourth-order valence-electron chi connectivity index (χ4n) is 2.25. The monoisotopic (exact) mass is 338 g/mol. The van der Waals surface area contributed by atoms with E-state index in [1.165, 1.54) is 12.1 Å². The van der Waals surface area contributed by atoms with E-state index in [9.17, 15) is 19.7 Å². The first-order chi connectivity index (χ1) is 12.0. The number of ketones is 1. The summed E-state index contributed by atoms with van der Waals surface area (Å²) in [4.78, 5) is 37.4. The van der Waals surface area contributed by atoms with Gasteiger partial charge < -0.3 is 9.52 Å². The molecule has 3 aromatic rings. The molecule has 0 radical (unpaired) electrons. The molecular weight excluding hydrogens is 328 g/mol. The summed E-state index contributed by atoms with van der Waals surface area (Å²) < 4.78 is 4.97. The van der Waals surface area contributed by atoms with Crippen molar-refractivity contribution in [2.45, 2.75) is 0 Å². The summed E-state index contributed by atoms with van der Waals surface area (Å²) in [7, 11) is 0. The number of hydrogen-bond acceptors (Lipinski definition) is 6.